The number of carbonyl (C=O) groups is 1. The number of amides is 1. The smallest absolute Gasteiger partial charge is 0.238 e. The molecule has 6 heteroatoms. The Balaban J connectivity index is 1.95. The number of carbonyl (C=O) groups excluding carboxylic acids is 1. The van der Waals surface area contributed by atoms with E-state index in [4.69, 9.17) is 17.3 Å². The molecule has 2 rings (SSSR count). The van der Waals surface area contributed by atoms with Gasteiger partial charge >= 0.3 is 0 Å². The number of likely N-dealkylation sites (tertiary alicyclic amines) is 1. The van der Waals surface area contributed by atoms with Crippen molar-refractivity contribution in [3.8, 4) is 6.07 Å². The van der Waals surface area contributed by atoms with Crippen LogP contribution < -0.4 is 11.1 Å². The van der Waals surface area contributed by atoms with Gasteiger partial charge in [0.1, 0.15) is 5.54 Å². The van der Waals surface area contributed by atoms with E-state index in [1.165, 1.54) is 0 Å². The molecule has 1 aromatic carbocycles. The van der Waals surface area contributed by atoms with Crippen LogP contribution in [0.5, 0.6) is 0 Å². The van der Waals surface area contributed by atoms with Crippen LogP contribution in [0.2, 0.25) is 5.02 Å². The predicted octanol–water partition coefficient (Wildman–Crippen LogP) is 1.31. The van der Waals surface area contributed by atoms with Crippen molar-refractivity contribution in [3.05, 3.63) is 34.9 Å². The number of nitrogens with zero attached hydrogens (tertiary/aromatic N) is 2. The summed E-state index contributed by atoms with van der Waals surface area (Å²) in [5.41, 5.74) is 6.14. The highest BCUT2D eigenvalue weighted by atomic mass is 35.5. The van der Waals surface area contributed by atoms with Crippen molar-refractivity contribution in [1.82, 2.24) is 10.2 Å². The zero-order valence-electron chi connectivity index (χ0n) is 12.7. The summed E-state index contributed by atoms with van der Waals surface area (Å²) in [6.45, 7) is 1.58. The maximum Gasteiger partial charge on any atom is 0.238 e. The van der Waals surface area contributed by atoms with E-state index in [0.717, 1.165) is 18.7 Å². The fraction of sp³-hybridized carbons (Fsp3) is 0.500. The molecule has 1 atom stereocenters. The lowest BCUT2D eigenvalue weighted by Gasteiger charge is -2.36. The highest BCUT2D eigenvalue weighted by molar-refractivity contribution is 6.30. The molecule has 1 fully saturated rings. The lowest BCUT2D eigenvalue weighted by Crippen LogP contribution is -2.57. The lowest BCUT2D eigenvalue weighted by atomic mass is 9.88. The Hall–Kier alpha value is -1.61. The molecule has 5 nitrogen and oxygen atoms in total. The zero-order valence-corrected chi connectivity index (χ0v) is 13.4. The maximum absolute atomic E-state index is 12.3. The third-order valence-electron chi connectivity index (χ3n) is 4.12. The van der Waals surface area contributed by atoms with Gasteiger partial charge in [-0.2, -0.15) is 5.26 Å². The molecule has 1 heterocycles. The van der Waals surface area contributed by atoms with E-state index < -0.39 is 11.6 Å². The molecule has 1 saturated heterocycles. The van der Waals surface area contributed by atoms with Gasteiger partial charge in [-0.15, -0.1) is 0 Å². The zero-order chi connectivity index (χ0) is 16.2. The first kappa shape index (κ1) is 16.8. The Morgan fingerprint density at radius 2 is 2.05 bits per heavy atom. The van der Waals surface area contributed by atoms with Gasteiger partial charge in [0.05, 0.1) is 12.1 Å². The van der Waals surface area contributed by atoms with Crippen LogP contribution >= 0.6 is 11.6 Å². The topological polar surface area (TPSA) is 82.2 Å². The summed E-state index contributed by atoms with van der Waals surface area (Å²) in [7, 11) is 2.01. The fourth-order valence-corrected chi connectivity index (χ4v) is 2.69. The molecule has 22 heavy (non-hydrogen) atoms. The summed E-state index contributed by atoms with van der Waals surface area (Å²) < 4.78 is 0. The van der Waals surface area contributed by atoms with Gasteiger partial charge in [0.15, 0.2) is 0 Å². The van der Waals surface area contributed by atoms with E-state index in [9.17, 15) is 10.1 Å². The highest BCUT2D eigenvalue weighted by Crippen LogP contribution is 2.21. The van der Waals surface area contributed by atoms with E-state index in [2.05, 4.69) is 16.3 Å². The number of hydrogen-bond donors (Lipinski definition) is 2. The molecule has 1 amide bonds. The number of benzene rings is 1. The van der Waals surface area contributed by atoms with Crippen LogP contribution in [0, 0.1) is 11.3 Å². The number of nitrogens with one attached hydrogen (secondary N) is 1. The van der Waals surface area contributed by atoms with Gasteiger partial charge in [-0.25, -0.2) is 0 Å². The van der Waals surface area contributed by atoms with Crippen LogP contribution in [0.15, 0.2) is 24.3 Å². The predicted molar refractivity (Wildman–Crippen MR) is 86.3 cm³/mol. The summed E-state index contributed by atoms with van der Waals surface area (Å²) in [6, 6.07) is 8.84. The second-order valence-corrected chi connectivity index (χ2v) is 6.36. The summed E-state index contributed by atoms with van der Waals surface area (Å²) >= 11 is 5.84. The van der Waals surface area contributed by atoms with Crippen molar-refractivity contribution in [3.63, 3.8) is 0 Å². The number of piperidine rings is 1. The molecule has 0 radical (unpaired) electrons. The van der Waals surface area contributed by atoms with Crippen molar-refractivity contribution < 1.29 is 4.79 Å². The molecule has 118 valence electrons. The lowest BCUT2D eigenvalue weighted by molar-refractivity contribution is -0.124. The molecule has 0 aromatic heterocycles. The number of nitrogens with two attached hydrogens (primary N) is 1. The van der Waals surface area contributed by atoms with E-state index >= 15 is 0 Å². The van der Waals surface area contributed by atoms with E-state index in [0.29, 0.717) is 24.3 Å². The molecule has 3 N–H and O–H groups in total. The molecule has 1 aliphatic rings. The molecule has 0 saturated carbocycles. The standard InChI is InChI=1S/C16H21ClN4O/c1-21-8-6-16(11-18,7-9-21)20-15(22)14(19)10-12-2-4-13(17)5-3-12/h2-5,14H,6-10,19H2,1H3,(H,20,22). The molecule has 0 spiro atoms. The van der Waals surface area contributed by atoms with Gasteiger partial charge < -0.3 is 16.0 Å². The SMILES string of the molecule is CN1CCC(C#N)(NC(=O)C(N)Cc2ccc(Cl)cc2)CC1. The number of halogens is 1. The van der Waals surface area contributed by atoms with Crippen LogP contribution in [0.3, 0.4) is 0 Å². The second kappa shape index (κ2) is 7.10. The van der Waals surface area contributed by atoms with Gasteiger partial charge in [0.25, 0.3) is 0 Å². The van der Waals surface area contributed by atoms with Crippen LogP contribution in [0.1, 0.15) is 18.4 Å². The van der Waals surface area contributed by atoms with Crippen molar-refractivity contribution in [1.29, 1.82) is 5.26 Å². The minimum absolute atomic E-state index is 0.277. The summed E-state index contributed by atoms with van der Waals surface area (Å²) in [4.78, 5) is 14.4. The van der Waals surface area contributed by atoms with E-state index in [1.807, 2.05) is 19.2 Å². The molecule has 0 aliphatic carbocycles. The van der Waals surface area contributed by atoms with Crippen LogP contribution in [-0.4, -0.2) is 42.5 Å². The average molecular weight is 321 g/mol. The van der Waals surface area contributed by atoms with Gasteiger partial charge in [0.2, 0.25) is 5.91 Å². The second-order valence-electron chi connectivity index (χ2n) is 5.92. The van der Waals surface area contributed by atoms with Crippen molar-refractivity contribution >= 4 is 17.5 Å². The molecule has 1 aromatic rings. The number of nitriles is 1. The molecular weight excluding hydrogens is 300 g/mol. The minimum Gasteiger partial charge on any atom is -0.336 e. The monoisotopic (exact) mass is 320 g/mol. The normalized spacial score (nSPS) is 19.2. The van der Waals surface area contributed by atoms with Crippen molar-refractivity contribution in [2.45, 2.75) is 30.8 Å². The Morgan fingerprint density at radius 1 is 1.45 bits per heavy atom. The van der Waals surface area contributed by atoms with Crippen molar-refractivity contribution in [2.75, 3.05) is 20.1 Å². The van der Waals surface area contributed by atoms with Gasteiger partial charge in [-0.1, -0.05) is 23.7 Å². The van der Waals surface area contributed by atoms with Gasteiger partial charge in [-0.3, -0.25) is 4.79 Å². The maximum atomic E-state index is 12.3. The van der Waals surface area contributed by atoms with E-state index in [1.54, 1.807) is 12.1 Å². The third-order valence-corrected chi connectivity index (χ3v) is 4.37. The first-order valence-corrected chi connectivity index (χ1v) is 7.74. The van der Waals surface area contributed by atoms with Crippen LogP contribution in [0.25, 0.3) is 0 Å². The Labute approximate surface area is 136 Å². The number of hydrogen-bond acceptors (Lipinski definition) is 4. The fourth-order valence-electron chi connectivity index (χ4n) is 2.56. The molecule has 1 aliphatic heterocycles. The summed E-state index contributed by atoms with van der Waals surface area (Å²) in [5.74, 6) is -0.277. The van der Waals surface area contributed by atoms with Crippen LogP contribution in [-0.2, 0) is 11.2 Å². The van der Waals surface area contributed by atoms with Crippen molar-refractivity contribution in [2.24, 2.45) is 5.73 Å². The summed E-state index contributed by atoms with van der Waals surface area (Å²) in [6.07, 6.45) is 1.67. The average Bonchev–Trinajstić information content (AvgIpc) is 2.52. The first-order chi connectivity index (χ1) is 10.4. The molecular formula is C16H21ClN4O. The highest BCUT2D eigenvalue weighted by Gasteiger charge is 2.36. The van der Waals surface area contributed by atoms with Crippen LogP contribution in [0.4, 0.5) is 0 Å². The molecule has 1 unspecified atom stereocenters. The number of rotatable bonds is 4. The van der Waals surface area contributed by atoms with Gasteiger partial charge in [-0.05, 0) is 44.0 Å². The Morgan fingerprint density at radius 3 is 2.59 bits per heavy atom. The quantitative estimate of drug-likeness (QED) is 0.876. The largest absolute Gasteiger partial charge is 0.336 e. The third kappa shape index (κ3) is 4.20. The Kier molecular flexibility index (Phi) is 5.41. The Bertz CT molecular complexity index is 559. The minimum atomic E-state index is -0.790. The van der Waals surface area contributed by atoms with Gasteiger partial charge in [0, 0.05) is 18.1 Å². The van der Waals surface area contributed by atoms with E-state index in [-0.39, 0.29) is 5.91 Å². The first-order valence-electron chi connectivity index (χ1n) is 7.36. The molecule has 0 bridgehead atoms. The summed E-state index contributed by atoms with van der Waals surface area (Å²) in [5, 5.41) is 12.9.